The van der Waals surface area contributed by atoms with Gasteiger partial charge in [0.25, 0.3) is 0 Å². The summed E-state index contributed by atoms with van der Waals surface area (Å²) in [6.07, 6.45) is 0.447. The van der Waals surface area contributed by atoms with Crippen molar-refractivity contribution >= 4 is 17.6 Å². The molecule has 6 N–H and O–H groups in total. The van der Waals surface area contributed by atoms with E-state index < -0.39 is 12.1 Å². The molecular weight excluding hydrogens is 382 g/mol. The molecule has 30 heavy (non-hydrogen) atoms. The smallest absolute Gasteiger partial charge is 0.242 e. The van der Waals surface area contributed by atoms with E-state index in [-0.39, 0.29) is 23.8 Å². The number of carbonyl (C=O) groups excluding carboxylic acids is 2. The normalized spacial score (nSPS) is 19.0. The summed E-state index contributed by atoms with van der Waals surface area (Å²) < 4.78 is 5.88. The molecule has 2 amide bonds. The fraction of sp³-hybridized carbons (Fsp3) is 0.318. The molecule has 0 unspecified atom stereocenters. The lowest BCUT2D eigenvalue weighted by Crippen LogP contribution is -2.49. The summed E-state index contributed by atoms with van der Waals surface area (Å²) in [5.41, 5.74) is 6.94. The number of carbonyl (C=O) groups is 2. The van der Waals surface area contributed by atoms with Crippen LogP contribution in [0.5, 0.6) is 5.75 Å². The Morgan fingerprint density at radius 1 is 1.20 bits per heavy atom. The van der Waals surface area contributed by atoms with Gasteiger partial charge < -0.3 is 26.4 Å². The predicted octanol–water partition coefficient (Wildman–Crippen LogP) is 0.901. The number of hydrogen-bond donors (Lipinski definition) is 5. The Balaban J connectivity index is 1.42. The van der Waals surface area contributed by atoms with Gasteiger partial charge >= 0.3 is 0 Å². The maximum Gasteiger partial charge on any atom is 0.242 e. The van der Waals surface area contributed by atoms with Gasteiger partial charge in [0.2, 0.25) is 11.8 Å². The van der Waals surface area contributed by atoms with Crippen LogP contribution in [-0.2, 0) is 16.1 Å². The molecule has 0 saturated carbocycles. The Hall–Kier alpha value is -3.39. The minimum absolute atomic E-state index is 0.00106. The summed E-state index contributed by atoms with van der Waals surface area (Å²) in [4.78, 5) is 24.8. The second-order valence-electron chi connectivity index (χ2n) is 7.31. The molecule has 8 nitrogen and oxygen atoms in total. The van der Waals surface area contributed by atoms with Crippen LogP contribution in [0.15, 0.2) is 54.6 Å². The maximum atomic E-state index is 12.5. The molecule has 0 bridgehead atoms. The molecule has 1 aliphatic rings. The quantitative estimate of drug-likeness (QED) is 0.327. The number of rotatable bonds is 8. The first-order valence-electron chi connectivity index (χ1n) is 9.89. The summed E-state index contributed by atoms with van der Waals surface area (Å²) in [5.74, 6) is 0.282. The number of nitrogens with two attached hydrogens (primary N) is 1. The van der Waals surface area contributed by atoms with Crippen molar-refractivity contribution in [2.24, 2.45) is 5.73 Å². The molecule has 0 radical (unpaired) electrons. The van der Waals surface area contributed by atoms with Crippen LogP contribution in [0.1, 0.15) is 24.5 Å². The summed E-state index contributed by atoms with van der Waals surface area (Å²) in [5, 5.41) is 16.1. The van der Waals surface area contributed by atoms with Crippen molar-refractivity contribution in [2.45, 2.75) is 38.1 Å². The van der Waals surface area contributed by atoms with Gasteiger partial charge in [-0.05, 0) is 24.6 Å². The zero-order chi connectivity index (χ0) is 21.5. The van der Waals surface area contributed by atoms with E-state index in [4.69, 9.17) is 15.9 Å². The lowest BCUT2D eigenvalue weighted by atomic mass is 10.1. The van der Waals surface area contributed by atoms with Gasteiger partial charge in [-0.15, -0.1) is 0 Å². The van der Waals surface area contributed by atoms with Crippen LogP contribution in [0, 0.1) is 5.41 Å². The van der Waals surface area contributed by atoms with E-state index in [1.807, 2.05) is 30.3 Å². The second-order valence-corrected chi connectivity index (χ2v) is 7.31. The molecule has 0 spiro atoms. The Bertz CT molecular complexity index is 885. The van der Waals surface area contributed by atoms with Crippen LogP contribution in [-0.4, -0.2) is 42.4 Å². The van der Waals surface area contributed by atoms with Gasteiger partial charge in [0.1, 0.15) is 23.7 Å². The van der Waals surface area contributed by atoms with Gasteiger partial charge in [-0.2, -0.15) is 0 Å². The van der Waals surface area contributed by atoms with Crippen LogP contribution in [0.3, 0.4) is 0 Å². The number of amides is 2. The molecule has 2 aromatic carbocycles. The summed E-state index contributed by atoms with van der Waals surface area (Å²) in [6, 6.07) is 15.5. The Kier molecular flexibility index (Phi) is 7.03. The minimum Gasteiger partial charge on any atom is -0.489 e. The number of benzene rings is 2. The Morgan fingerprint density at radius 2 is 1.90 bits per heavy atom. The Morgan fingerprint density at radius 3 is 2.57 bits per heavy atom. The van der Waals surface area contributed by atoms with Crippen molar-refractivity contribution in [2.75, 3.05) is 6.54 Å². The number of nitrogen functional groups attached to an aromatic ring is 1. The fourth-order valence-corrected chi connectivity index (χ4v) is 3.21. The highest BCUT2D eigenvalue weighted by Gasteiger charge is 2.32. The van der Waals surface area contributed by atoms with E-state index in [9.17, 15) is 9.59 Å². The maximum absolute atomic E-state index is 12.5. The lowest BCUT2D eigenvalue weighted by molar-refractivity contribution is -0.129. The third kappa shape index (κ3) is 5.81. The molecule has 0 aromatic heterocycles. The first-order chi connectivity index (χ1) is 14.4. The lowest BCUT2D eigenvalue weighted by Gasteiger charge is -2.17. The molecule has 3 atom stereocenters. The van der Waals surface area contributed by atoms with E-state index in [0.29, 0.717) is 25.1 Å². The first-order valence-corrected chi connectivity index (χ1v) is 9.89. The highest BCUT2D eigenvalue weighted by molar-refractivity contribution is 5.95. The molecule has 3 rings (SSSR count). The van der Waals surface area contributed by atoms with Gasteiger partial charge in [0.15, 0.2) is 0 Å². The fourth-order valence-electron chi connectivity index (χ4n) is 3.21. The van der Waals surface area contributed by atoms with Gasteiger partial charge in [-0.25, -0.2) is 0 Å². The van der Waals surface area contributed by atoms with Crippen molar-refractivity contribution in [3.63, 3.8) is 0 Å². The average Bonchev–Trinajstić information content (AvgIpc) is 3.21. The van der Waals surface area contributed by atoms with Gasteiger partial charge in [-0.3, -0.25) is 15.0 Å². The minimum atomic E-state index is -0.662. The molecular formula is C22H27N5O3. The highest BCUT2D eigenvalue weighted by Crippen LogP contribution is 2.17. The summed E-state index contributed by atoms with van der Waals surface area (Å²) in [7, 11) is 0. The summed E-state index contributed by atoms with van der Waals surface area (Å²) >= 11 is 0. The van der Waals surface area contributed by atoms with Crippen molar-refractivity contribution in [3.05, 3.63) is 65.7 Å². The standard InChI is InChI=1S/C22H27N5O3/c1-14(21(28)26-12-15-7-9-16(10-8-15)20(23)24)27-22(29)19-11-18(13-25-19)30-17-5-3-2-4-6-17/h2-10,14,18-19,25H,11-13H2,1H3,(H3,23,24)(H,26,28)(H,27,29)/t14-,18-,19+/m0/s1. The number of nitrogens with one attached hydrogen (secondary N) is 4. The van der Waals surface area contributed by atoms with E-state index in [2.05, 4.69) is 16.0 Å². The molecule has 1 aliphatic heterocycles. The second kappa shape index (κ2) is 9.89. The SMILES string of the molecule is C[C@H](NC(=O)[C@H]1C[C@H](Oc2ccccc2)CN1)C(=O)NCc1ccc(C(=N)N)cc1. The third-order valence-corrected chi connectivity index (χ3v) is 4.94. The van der Waals surface area contributed by atoms with Crippen molar-refractivity contribution in [1.82, 2.24) is 16.0 Å². The monoisotopic (exact) mass is 409 g/mol. The van der Waals surface area contributed by atoms with E-state index in [0.717, 1.165) is 11.3 Å². The van der Waals surface area contributed by atoms with Crippen molar-refractivity contribution in [1.29, 1.82) is 5.41 Å². The molecule has 8 heteroatoms. The molecule has 1 heterocycles. The molecule has 1 saturated heterocycles. The van der Waals surface area contributed by atoms with Crippen LogP contribution in [0.4, 0.5) is 0 Å². The van der Waals surface area contributed by atoms with E-state index >= 15 is 0 Å². The van der Waals surface area contributed by atoms with Crippen molar-refractivity contribution < 1.29 is 14.3 Å². The number of ether oxygens (including phenoxy) is 1. The van der Waals surface area contributed by atoms with Gasteiger partial charge in [0, 0.05) is 25.1 Å². The average molecular weight is 409 g/mol. The molecule has 2 aromatic rings. The number of hydrogen-bond acceptors (Lipinski definition) is 5. The van der Waals surface area contributed by atoms with Crippen molar-refractivity contribution in [3.8, 4) is 5.75 Å². The zero-order valence-electron chi connectivity index (χ0n) is 16.9. The van der Waals surface area contributed by atoms with Crippen LogP contribution in [0.25, 0.3) is 0 Å². The number of amidine groups is 1. The van der Waals surface area contributed by atoms with E-state index in [1.165, 1.54) is 0 Å². The van der Waals surface area contributed by atoms with Crippen LogP contribution in [0.2, 0.25) is 0 Å². The van der Waals surface area contributed by atoms with Crippen LogP contribution >= 0.6 is 0 Å². The van der Waals surface area contributed by atoms with E-state index in [1.54, 1.807) is 31.2 Å². The number of para-hydroxylation sites is 1. The van der Waals surface area contributed by atoms with Crippen LogP contribution < -0.4 is 26.4 Å². The topological polar surface area (TPSA) is 129 Å². The first kappa shape index (κ1) is 21.3. The largest absolute Gasteiger partial charge is 0.489 e. The summed E-state index contributed by atoms with van der Waals surface area (Å²) in [6.45, 7) is 2.55. The van der Waals surface area contributed by atoms with Gasteiger partial charge in [-0.1, -0.05) is 42.5 Å². The highest BCUT2D eigenvalue weighted by atomic mass is 16.5. The third-order valence-electron chi connectivity index (χ3n) is 4.94. The Labute approximate surface area is 175 Å². The molecule has 0 aliphatic carbocycles. The molecule has 1 fully saturated rings. The van der Waals surface area contributed by atoms with Gasteiger partial charge in [0.05, 0.1) is 6.04 Å². The predicted molar refractivity (Wildman–Crippen MR) is 114 cm³/mol. The zero-order valence-corrected chi connectivity index (χ0v) is 16.9. The molecule has 158 valence electrons.